The van der Waals surface area contributed by atoms with Crippen LogP contribution in [0.25, 0.3) is 78.6 Å². The average Bonchev–Trinajstić information content (AvgIpc) is 3.97. The lowest BCUT2D eigenvalue weighted by Crippen LogP contribution is -2.05. The van der Waals surface area contributed by atoms with Crippen LogP contribution in [0, 0.1) is 58.2 Å². The van der Waals surface area contributed by atoms with E-state index in [1.165, 1.54) is 72.8 Å². The van der Waals surface area contributed by atoms with Crippen LogP contribution in [0.2, 0.25) is 0 Å². The second-order valence-corrected chi connectivity index (χ2v) is 11.6. The summed E-state index contributed by atoms with van der Waals surface area (Å²) in [5, 5.41) is 10.3. The third kappa shape index (κ3) is 4.83. The lowest BCUT2D eigenvalue weighted by atomic mass is 10.0. The first-order valence-corrected chi connectivity index (χ1v) is 15.0. The molecule has 4 aromatic heterocycles. The van der Waals surface area contributed by atoms with Crippen LogP contribution in [-0.2, 0) is 0 Å². The SMILES string of the molecule is Oc1cccc(-c2c3ccc([nH]3)c(-c3c(F)c(F)c(F)c(F)c3F)c3nc(c4ccc([nH]4)c(-c4c(F)c(F)c(F)c(F)c4F)c4ccc2[nH]4)C=C3)c1. The monoisotopic (exact) mass is 722 g/mol. The molecule has 8 bridgehead atoms. The Bertz CT molecular complexity index is 2780. The third-order valence-corrected chi connectivity index (χ3v) is 8.63. The summed E-state index contributed by atoms with van der Waals surface area (Å²) in [6.45, 7) is 0. The van der Waals surface area contributed by atoms with E-state index in [1.807, 2.05) is 0 Å². The second-order valence-electron chi connectivity index (χ2n) is 11.6. The van der Waals surface area contributed by atoms with Gasteiger partial charge in [-0.05, 0) is 66.2 Å². The molecule has 5 nitrogen and oxygen atoms in total. The lowest BCUT2D eigenvalue weighted by molar-refractivity contribution is 0.381. The first-order valence-electron chi connectivity index (χ1n) is 15.0. The van der Waals surface area contributed by atoms with Crippen LogP contribution < -0.4 is 0 Å². The predicted octanol–water partition coefficient (Wildman–Crippen LogP) is 10.8. The highest BCUT2D eigenvalue weighted by atomic mass is 19.2. The Labute approximate surface area is 283 Å². The Kier molecular flexibility index (Phi) is 7.41. The molecular formula is C37H16F10N4O. The zero-order valence-corrected chi connectivity index (χ0v) is 25.6. The Hall–Kier alpha value is -6.51. The number of fused-ring (bicyclic) bond motifs is 9. The van der Waals surface area contributed by atoms with Gasteiger partial charge in [-0.1, -0.05) is 12.1 Å². The molecule has 4 N–H and O–H groups in total. The Morgan fingerprint density at radius 2 is 0.769 bits per heavy atom. The zero-order valence-electron chi connectivity index (χ0n) is 25.6. The molecule has 5 heterocycles. The number of aromatic nitrogens is 4. The van der Waals surface area contributed by atoms with Crippen LogP contribution in [0.5, 0.6) is 5.75 Å². The van der Waals surface area contributed by atoms with Gasteiger partial charge in [-0.15, -0.1) is 0 Å². The number of phenols is 1. The van der Waals surface area contributed by atoms with Crippen molar-refractivity contribution >= 4 is 45.3 Å². The van der Waals surface area contributed by atoms with Crippen LogP contribution in [0.3, 0.4) is 0 Å². The van der Waals surface area contributed by atoms with Crippen molar-refractivity contribution in [1.29, 1.82) is 0 Å². The zero-order chi connectivity index (χ0) is 36.7. The molecule has 0 saturated heterocycles. The van der Waals surface area contributed by atoms with Crippen LogP contribution >= 0.6 is 0 Å². The van der Waals surface area contributed by atoms with Gasteiger partial charge >= 0.3 is 0 Å². The Morgan fingerprint density at radius 3 is 1.27 bits per heavy atom. The van der Waals surface area contributed by atoms with Crippen molar-refractivity contribution in [3.63, 3.8) is 0 Å². The predicted molar refractivity (Wildman–Crippen MR) is 173 cm³/mol. The van der Waals surface area contributed by atoms with Gasteiger partial charge < -0.3 is 20.1 Å². The van der Waals surface area contributed by atoms with Crippen molar-refractivity contribution in [3.8, 4) is 39.1 Å². The van der Waals surface area contributed by atoms with E-state index in [-0.39, 0.29) is 61.4 Å². The van der Waals surface area contributed by atoms with E-state index in [1.54, 1.807) is 0 Å². The highest BCUT2D eigenvalue weighted by Crippen LogP contribution is 2.40. The first-order chi connectivity index (χ1) is 24.8. The molecule has 0 atom stereocenters. The van der Waals surface area contributed by atoms with Gasteiger partial charge in [-0.25, -0.2) is 48.9 Å². The molecule has 1 aliphatic rings. The van der Waals surface area contributed by atoms with Crippen LogP contribution in [0.15, 0.2) is 60.7 Å². The van der Waals surface area contributed by atoms with Crippen molar-refractivity contribution < 1.29 is 49.0 Å². The minimum absolute atomic E-state index is 0.000205. The van der Waals surface area contributed by atoms with Crippen LogP contribution in [0.1, 0.15) is 11.4 Å². The fourth-order valence-electron chi connectivity index (χ4n) is 6.30. The molecule has 52 heavy (non-hydrogen) atoms. The van der Waals surface area contributed by atoms with Gasteiger partial charge in [-0.2, -0.15) is 0 Å². The van der Waals surface area contributed by atoms with Gasteiger partial charge in [0.2, 0.25) is 11.6 Å². The molecule has 0 fully saturated rings. The van der Waals surface area contributed by atoms with E-state index in [2.05, 4.69) is 19.9 Å². The van der Waals surface area contributed by atoms with Gasteiger partial charge in [-0.3, -0.25) is 0 Å². The van der Waals surface area contributed by atoms with E-state index in [4.69, 9.17) is 0 Å². The van der Waals surface area contributed by atoms with Gasteiger partial charge in [0.05, 0.1) is 28.0 Å². The highest BCUT2D eigenvalue weighted by Gasteiger charge is 2.31. The number of aromatic hydroxyl groups is 1. The molecular weight excluding hydrogens is 706 g/mol. The fraction of sp³-hybridized carbons (Fsp3) is 0. The summed E-state index contributed by atoms with van der Waals surface area (Å²) in [5.74, 6) is -22.3. The Balaban J connectivity index is 1.61. The van der Waals surface area contributed by atoms with Crippen molar-refractivity contribution in [2.24, 2.45) is 0 Å². The number of aromatic amines is 3. The van der Waals surface area contributed by atoms with Gasteiger partial charge in [0.25, 0.3) is 0 Å². The molecule has 15 heteroatoms. The summed E-state index contributed by atoms with van der Waals surface area (Å²) in [5.41, 5.74) is -3.59. The Morgan fingerprint density at radius 1 is 0.385 bits per heavy atom. The van der Waals surface area contributed by atoms with E-state index in [9.17, 15) is 31.4 Å². The number of H-pyrrole nitrogens is 3. The average molecular weight is 723 g/mol. The minimum atomic E-state index is -2.37. The molecule has 0 radical (unpaired) electrons. The van der Waals surface area contributed by atoms with Crippen molar-refractivity contribution in [2.75, 3.05) is 0 Å². The van der Waals surface area contributed by atoms with Crippen LogP contribution in [0.4, 0.5) is 43.9 Å². The van der Waals surface area contributed by atoms with Gasteiger partial charge in [0, 0.05) is 44.3 Å². The number of nitrogens with zero attached hydrogens (tertiary/aromatic N) is 1. The fourth-order valence-corrected chi connectivity index (χ4v) is 6.30. The molecule has 0 saturated carbocycles. The molecule has 7 aromatic rings. The normalized spacial score (nSPS) is 12.0. The lowest BCUT2D eigenvalue weighted by Gasteiger charge is -2.10. The van der Waals surface area contributed by atoms with Gasteiger partial charge in [0.1, 0.15) is 5.75 Å². The van der Waals surface area contributed by atoms with E-state index >= 15 is 17.6 Å². The van der Waals surface area contributed by atoms with E-state index in [0.29, 0.717) is 0 Å². The van der Waals surface area contributed by atoms with Crippen molar-refractivity contribution in [3.05, 3.63) is 130 Å². The maximum absolute atomic E-state index is 15.5. The van der Waals surface area contributed by atoms with Crippen LogP contribution in [-0.4, -0.2) is 25.0 Å². The van der Waals surface area contributed by atoms with E-state index < -0.39 is 80.4 Å². The van der Waals surface area contributed by atoms with Gasteiger partial charge in [0.15, 0.2) is 46.5 Å². The molecule has 0 spiro atoms. The minimum Gasteiger partial charge on any atom is -0.508 e. The summed E-state index contributed by atoms with van der Waals surface area (Å²) in [7, 11) is 0. The topological polar surface area (TPSA) is 80.5 Å². The number of phenolic OH excluding ortho intramolecular Hbond substituents is 1. The quantitative estimate of drug-likeness (QED) is 0.0832. The number of benzene rings is 3. The summed E-state index contributed by atoms with van der Waals surface area (Å²) >= 11 is 0. The second kappa shape index (κ2) is 11.8. The molecule has 0 unspecified atom stereocenters. The number of nitrogens with one attached hydrogen (secondary N) is 3. The standard InChI is InChI=1S/C37H16F10N4O/c38-28-26(29(39)33(43)36(46)32(28)42)24-19-6-4-15(48-19)16-5-7-20(49-16)25(27-30(40)34(44)37(47)35(45)31(27)41)22-11-9-18(51-22)23(17-8-10-21(24)50-17)13-2-1-3-14(52)12-13/h1-12,48,50-52H. The largest absolute Gasteiger partial charge is 0.508 e. The molecule has 8 rings (SSSR count). The summed E-state index contributed by atoms with van der Waals surface area (Å²) < 4.78 is 148. The first kappa shape index (κ1) is 32.7. The molecule has 1 aliphatic heterocycles. The molecule has 0 aliphatic carbocycles. The number of rotatable bonds is 3. The molecule has 0 amide bonds. The molecule has 260 valence electrons. The number of hydrogen-bond donors (Lipinski definition) is 4. The number of hydrogen-bond acceptors (Lipinski definition) is 2. The summed E-state index contributed by atoms with van der Waals surface area (Å²) in [4.78, 5) is 13.0. The maximum atomic E-state index is 15.5. The smallest absolute Gasteiger partial charge is 0.200 e. The third-order valence-electron chi connectivity index (χ3n) is 8.63. The maximum Gasteiger partial charge on any atom is 0.200 e. The van der Waals surface area contributed by atoms with Crippen molar-refractivity contribution in [2.45, 2.75) is 0 Å². The van der Waals surface area contributed by atoms with E-state index in [0.717, 1.165) is 0 Å². The highest BCUT2D eigenvalue weighted by molar-refractivity contribution is 6.00. The summed E-state index contributed by atoms with van der Waals surface area (Å²) in [6, 6.07) is 13.6. The number of halogens is 10. The summed E-state index contributed by atoms with van der Waals surface area (Å²) in [6.07, 6.45) is 2.53. The van der Waals surface area contributed by atoms with Crippen molar-refractivity contribution in [1.82, 2.24) is 19.9 Å². The molecule has 3 aromatic carbocycles.